The molecule has 0 fully saturated rings. The number of benzene rings is 8. The van der Waals surface area contributed by atoms with E-state index in [2.05, 4.69) is 191 Å². The molecule has 8 aromatic carbocycles. The van der Waals surface area contributed by atoms with Gasteiger partial charge in [0.15, 0.2) is 0 Å². The van der Waals surface area contributed by atoms with Gasteiger partial charge >= 0.3 is 0 Å². The zero-order chi connectivity index (χ0) is 37.5. The number of nitrogens with zero attached hydrogens (tertiary/aromatic N) is 4. The summed E-state index contributed by atoms with van der Waals surface area (Å²) >= 11 is 0. The summed E-state index contributed by atoms with van der Waals surface area (Å²) in [5.74, 6) is 0.569. The van der Waals surface area contributed by atoms with Gasteiger partial charge in [0.2, 0.25) is 11.7 Å². The van der Waals surface area contributed by atoms with Crippen LogP contribution in [0, 0.1) is 0 Å². The Hall–Kier alpha value is -7.76. The van der Waals surface area contributed by atoms with Crippen molar-refractivity contribution in [2.75, 3.05) is 0 Å². The van der Waals surface area contributed by atoms with E-state index in [0.717, 1.165) is 55.3 Å². The molecule has 0 radical (unpaired) electrons. The van der Waals surface area contributed by atoms with Gasteiger partial charge in [0, 0.05) is 32.8 Å². The maximum absolute atomic E-state index is 5.99. The van der Waals surface area contributed by atoms with Crippen LogP contribution in [0.1, 0.15) is 0 Å². The minimum absolute atomic E-state index is 0.554. The zero-order valence-corrected chi connectivity index (χ0v) is 30.7. The molecule has 0 N–H and O–H groups in total. The standard InChI is InChI=1S/C52H32N4O/c1-2-13-38(14-3-1)55-46-19-8-6-16-41(46)44-31-36(25-27-48(44)55)37-26-28-49-45(32-37)42-17-7-9-20-47(42)56(49)52-53-50(43-29-30-57-51(43)54-52)35-23-21-34(22-24-35)40-18-10-12-33-11-4-5-15-39(33)40/h1-32H. The lowest BCUT2D eigenvalue weighted by Crippen LogP contribution is -2.02. The molecule has 0 bridgehead atoms. The fourth-order valence-electron chi connectivity index (χ4n) is 8.82. The van der Waals surface area contributed by atoms with E-state index in [9.17, 15) is 0 Å². The van der Waals surface area contributed by atoms with E-state index in [-0.39, 0.29) is 0 Å². The third-order valence-electron chi connectivity index (χ3n) is 11.5. The van der Waals surface area contributed by atoms with Gasteiger partial charge in [-0.1, -0.05) is 133 Å². The topological polar surface area (TPSA) is 48.8 Å². The van der Waals surface area contributed by atoms with Crippen LogP contribution in [0.4, 0.5) is 0 Å². The molecule has 0 saturated heterocycles. The Balaban J connectivity index is 0.993. The number of hydrogen-bond acceptors (Lipinski definition) is 3. The van der Waals surface area contributed by atoms with E-state index in [1.54, 1.807) is 6.26 Å². The molecule has 5 nitrogen and oxygen atoms in total. The van der Waals surface area contributed by atoms with Gasteiger partial charge in [-0.2, -0.15) is 4.98 Å². The number of furan rings is 1. The Labute approximate surface area is 327 Å². The molecule has 12 aromatic rings. The summed E-state index contributed by atoms with van der Waals surface area (Å²) in [5.41, 5.74) is 12.7. The van der Waals surface area contributed by atoms with Crippen molar-refractivity contribution in [3.8, 4) is 45.1 Å². The van der Waals surface area contributed by atoms with Gasteiger partial charge in [0.05, 0.1) is 39.4 Å². The molecule has 57 heavy (non-hydrogen) atoms. The lowest BCUT2D eigenvalue weighted by Gasteiger charge is -2.11. The van der Waals surface area contributed by atoms with E-state index >= 15 is 0 Å². The van der Waals surface area contributed by atoms with Gasteiger partial charge in [-0.15, -0.1) is 0 Å². The largest absolute Gasteiger partial charge is 0.446 e. The van der Waals surface area contributed by atoms with Crippen LogP contribution < -0.4 is 0 Å². The van der Waals surface area contributed by atoms with E-state index in [4.69, 9.17) is 14.4 Å². The average Bonchev–Trinajstić information content (AvgIpc) is 3.98. The average molecular weight is 729 g/mol. The van der Waals surface area contributed by atoms with E-state index in [1.807, 2.05) is 6.07 Å². The van der Waals surface area contributed by atoms with Crippen LogP contribution in [0.25, 0.3) is 111 Å². The molecular weight excluding hydrogens is 697 g/mol. The van der Waals surface area contributed by atoms with Gasteiger partial charge in [0.1, 0.15) is 0 Å². The van der Waals surface area contributed by atoms with Crippen molar-refractivity contribution >= 4 is 65.5 Å². The second-order valence-electron chi connectivity index (χ2n) is 14.6. The first kappa shape index (κ1) is 31.6. The highest BCUT2D eigenvalue weighted by atomic mass is 16.3. The number of hydrogen-bond donors (Lipinski definition) is 0. The highest BCUT2D eigenvalue weighted by Gasteiger charge is 2.20. The molecule has 5 heteroatoms. The summed E-state index contributed by atoms with van der Waals surface area (Å²) in [6, 6.07) is 67.0. The van der Waals surface area contributed by atoms with Crippen LogP contribution in [0.2, 0.25) is 0 Å². The van der Waals surface area contributed by atoms with Crippen LogP contribution in [-0.2, 0) is 0 Å². The van der Waals surface area contributed by atoms with Crippen molar-refractivity contribution in [3.05, 3.63) is 194 Å². The van der Waals surface area contributed by atoms with E-state index < -0.39 is 0 Å². The summed E-state index contributed by atoms with van der Waals surface area (Å²) in [6.07, 6.45) is 1.70. The number of para-hydroxylation sites is 3. The van der Waals surface area contributed by atoms with Crippen LogP contribution >= 0.6 is 0 Å². The maximum atomic E-state index is 5.99. The fourth-order valence-corrected chi connectivity index (χ4v) is 8.82. The lowest BCUT2D eigenvalue weighted by molar-refractivity contribution is 0.601. The normalized spacial score (nSPS) is 11.9. The Kier molecular flexibility index (Phi) is 6.86. The summed E-state index contributed by atoms with van der Waals surface area (Å²) in [5, 5.41) is 8.09. The number of rotatable bonds is 5. The lowest BCUT2D eigenvalue weighted by atomic mass is 9.97. The first-order valence-electron chi connectivity index (χ1n) is 19.2. The second kappa shape index (κ2) is 12.4. The van der Waals surface area contributed by atoms with Crippen LogP contribution in [0.15, 0.2) is 199 Å². The van der Waals surface area contributed by atoms with E-state index in [1.165, 1.54) is 43.7 Å². The predicted molar refractivity (Wildman–Crippen MR) is 234 cm³/mol. The third-order valence-corrected chi connectivity index (χ3v) is 11.5. The minimum Gasteiger partial charge on any atom is -0.446 e. The van der Waals surface area contributed by atoms with Crippen LogP contribution in [-0.4, -0.2) is 19.1 Å². The molecule has 12 rings (SSSR count). The molecule has 0 aliphatic carbocycles. The third kappa shape index (κ3) is 4.89. The van der Waals surface area contributed by atoms with Crippen molar-refractivity contribution in [3.63, 3.8) is 0 Å². The van der Waals surface area contributed by atoms with Crippen LogP contribution in [0.3, 0.4) is 0 Å². The molecule has 0 aliphatic heterocycles. The number of aromatic nitrogens is 4. The van der Waals surface area contributed by atoms with Crippen molar-refractivity contribution in [1.82, 2.24) is 19.1 Å². The Bertz CT molecular complexity index is 3510. The molecule has 0 amide bonds. The van der Waals surface area contributed by atoms with Gasteiger partial charge in [-0.25, -0.2) is 4.98 Å². The SMILES string of the molecule is c1ccc(-n2c3ccccc3c3cc(-c4ccc5c(c4)c4ccccc4n5-c4nc(-c5ccc(-c6cccc7ccccc67)cc5)c5ccoc5n4)ccc32)cc1. The monoisotopic (exact) mass is 728 g/mol. The molecule has 4 aromatic heterocycles. The summed E-state index contributed by atoms with van der Waals surface area (Å²) in [7, 11) is 0. The molecule has 0 atom stereocenters. The van der Waals surface area contributed by atoms with Gasteiger partial charge < -0.3 is 8.98 Å². The summed E-state index contributed by atoms with van der Waals surface area (Å²) < 4.78 is 10.5. The van der Waals surface area contributed by atoms with Gasteiger partial charge in [-0.05, 0) is 87.6 Å². The quantitative estimate of drug-likeness (QED) is 0.177. The molecule has 4 heterocycles. The van der Waals surface area contributed by atoms with Gasteiger partial charge in [0.25, 0.3) is 0 Å². The first-order valence-corrected chi connectivity index (χ1v) is 19.2. The Morgan fingerprint density at radius 2 is 0.930 bits per heavy atom. The Morgan fingerprint density at radius 3 is 1.67 bits per heavy atom. The molecule has 0 unspecified atom stereocenters. The van der Waals surface area contributed by atoms with Crippen molar-refractivity contribution in [2.24, 2.45) is 0 Å². The summed E-state index contributed by atoms with van der Waals surface area (Å²) in [6.45, 7) is 0. The van der Waals surface area contributed by atoms with Crippen molar-refractivity contribution in [1.29, 1.82) is 0 Å². The molecule has 0 saturated carbocycles. The smallest absolute Gasteiger partial charge is 0.238 e. The second-order valence-corrected chi connectivity index (χ2v) is 14.6. The fraction of sp³-hybridized carbons (Fsp3) is 0. The minimum atomic E-state index is 0.554. The maximum Gasteiger partial charge on any atom is 0.238 e. The van der Waals surface area contributed by atoms with Gasteiger partial charge in [-0.3, -0.25) is 4.57 Å². The molecule has 0 aliphatic rings. The molecular formula is C52H32N4O. The Morgan fingerprint density at radius 1 is 0.368 bits per heavy atom. The highest BCUT2D eigenvalue weighted by molar-refractivity contribution is 6.12. The summed E-state index contributed by atoms with van der Waals surface area (Å²) in [4.78, 5) is 10.3. The van der Waals surface area contributed by atoms with Crippen molar-refractivity contribution in [2.45, 2.75) is 0 Å². The number of fused-ring (bicyclic) bond motifs is 8. The zero-order valence-electron chi connectivity index (χ0n) is 30.7. The van der Waals surface area contributed by atoms with Crippen LogP contribution in [0.5, 0.6) is 0 Å². The van der Waals surface area contributed by atoms with Crippen molar-refractivity contribution < 1.29 is 4.42 Å². The molecule has 0 spiro atoms. The molecule has 266 valence electrons. The van der Waals surface area contributed by atoms with E-state index in [0.29, 0.717) is 11.7 Å². The highest BCUT2D eigenvalue weighted by Crippen LogP contribution is 2.39. The predicted octanol–water partition coefficient (Wildman–Crippen LogP) is 13.6. The first-order chi connectivity index (χ1) is 28.3.